The summed E-state index contributed by atoms with van der Waals surface area (Å²) in [5, 5.41) is 0.522. The van der Waals surface area contributed by atoms with Gasteiger partial charge in [0.1, 0.15) is 5.82 Å². The molecule has 0 amide bonds. The van der Waals surface area contributed by atoms with Crippen molar-refractivity contribution in [1.29, 1.82) is 0 Å². The van der Waals surface area contributed by atoms with Gasteiger partial charge in [0.05, 0.1) is 13.2 Å². The van der Waals surface area contributed by atoms with Crippen molar-refractivity contribution in [3.63, 3.8) is 0 Å². The highest BCUT2D eigenvalue weighted by atomic mass is 35.5. The van der Waals surface area contributed by atoms with Crippen LogP contribution in [0.5, 0.6) is 0 Å². The van der Waals surface area contributed by atoms with Crippen molar-refractivity contribution in [3.8, 4) is 0 Å². The summed E-state index contributed by atoms with van der Waals surface area (Å²) in [7, 11) is 0. The molecule has 1 aromatic carbocycles. The Balaban J connectivity index is 1.87. The van der Waals surface area contributed by atoms with Gasteiger partial charge in [0.25, 0.3) is 0 Å². The van der Waals surface area contributed by atoms with Crippen molar-refractivity contribution >= 4 is 11.6 Å². The van der Waals surface area contributed by atoms with E-state index in [9.17, 15) is 4.39 Å². The van der Waals surface area contributed by atoms with Gasteiger partial charge in [-0.1, -0.05) is 24.4 Å². The third kappa shape index (κ3) is 3.41. The smallest absolute Gasteiger partial charge is 0.128 e. The molecule has 1 aliphatic rings. The van der Waals surface area contributed by atoms with Crippen molar-refractivity contribution in [2.24, 2.45) is 5.73 Å². The van der Waals surface area contributed by atoms with Crippen LogP contribution in [0.2, 0.25) is 5.02 Å². The van der Waals surface area contributed by atoms with Crippen molar-refractivity contribution in [2.75, 3.05) is 6.61 Å². The van der Waals surface area contributed by atoms with Crippen LogP contribution in [-0.4, -0.2) is 12.1 Å². The first-order valence-electron chi connectivity index (χ1n) is 5.90. The van der Waals surface area contributed by atoms with Gasteiger partial charge in [-0.15, -0.1) is 0 Å². The predicted molar refractivity (Wildman–Crippen MR) is 66.5 cm³/mol. The molecule has 2 rings (SSSR count). The lowest BCUT2D eigenvalue weighted by atomic mass is 10.0. The minimum absolute atomic E-state index is 0.213. The molecule has 0 bridgehead atoms. The third-order valence-electron chi connectivity index (χ3n) is 3.25. The first-order chi connectivity index (χ1) is 8.09. The molecule has 0 aromatic heterocycles. The fraction of sp³-hybridized carbons (Fsp3) is 0.538. The van der Waals surface area contributed by atoms with Gasteiger partial charge in [-0.25, -0.2) is 4.39 Å². The summed E-state index contributed by atoms with van der Waals surface area (Å²) < 4.78 is 18.9. The van der Waals surface area contributed by atoms with E-state index in [4.69, 9.17) is 22.1 Å². The minimum Gasteiger partial charge on any atom is -0.375 e. The van der Waals surface area contributed by atoms with E-state index in [2.05, 4.69) is 0 Å². The van der Waals surface area contributed by atoms with Crippen molar-refractivity contribution < 1.29 is 9.13 Å². The molecular formula is C13H17ClFNO. The third-order valence-corrected chi connectivity index (χ3v) is 3.49. The molecule has 1 aromatic rings. The maximum Gasteiger partial charge on any atom is 0.128 e. The lowest BCUT2D eigenvalue weighted by Gasteiger charge is -2.23. The topological polar surface area (TPSA) is 35.2 Å². The molecule has 1 aliphatic carbocycles. The van der Waals surface area contributed by atoms with Crippen LogP contribution < -0.4 is 5.73 Å². The molecule has 1 fully saturated rings. The monoisotopic (exact) mass is 257 g/mol. The summed E-state index contributed by atoms with van der Waals surface area (Å²) in [6, 6.07) is 4.48. The Morgan fingerprint density at radius 2 is 2.06 bits per heavy atom. The number of benzene rings is 1. The Hall–Kier alpha value is -0.640. The Bertz CT molecular complexity index is 391. The van der Waals surface area contributed by atoms with E-state index in [1.165, 1.54) is 12.1 Å². The predicted octanol–water partition coefficient (Wildman–Crippen LogP) is 3.27. The van der Waals surface area contributed by atoms with Gasteiger partial charge in [-0.05, 0) is 31.0 Å². The van der Waals surface area contributed by atoms with Crippen molar-refractivity contribution in [2.45, 2.75) is 37.8 Å². The quantitative estimate of drug-likeness (QED) is 0.899. The summed E-state index contributed by atoms with van der Waals surface area (Å²) in [6.07, 6.45) is 4.30. The Morgan fingerprint density at radius 3 is 2.76 bits per heavy atom. The van der Waals surface area contributed by atoms with Gasteiger partial charge in [-0.2, -0.15) is 0 Å². The number of hydrogen-bond acceptors (Lipinski definition) is 2. The Kier molecular flexibility index (Phi) is 4.02. The van der Waals surface area contributed by atoms with E-state index in [0.29, 0.717) is 17.2 Å². The number of ether oxygens (including phenoxy) is 1. The van der Waals surface area contributed by atoms with E-state index < -0.39 is 0 Å². The van der Waals surface area contributed by atoms with E-state index in [1.807, 2.05) is 0 Å². The second kappa shape index (κ2) is 5.34. The molecule has 17 heavy (non-hydrogen) atoms. The molecule has 1 saturated carbocycles. The zero-order chi connectivity index (χ0) is 12.3. The highest BCUT2D eigenvalue weighted by Gasteiger charge is 2.29. The van der Waals surface area contributed by atoms with E-state index in [-0.39, 0.29) is 18.0 Å². The number of rotatable bonds is 4. The summed E-state index contributed by atoms with van der Waals surface area (Å²) in [6.45, 7) is 0.713. The highest BCUT2D eigenvalue weighted by molar-refractivity contribution is 6.30. The highest BCUT2D eigenvalue weighted by Crippen LogP contribution is 2.27. The van der Waals surface area contributed by atoms with Crippen LogP contribution in [0.1, 0.15) is 31.2 Å². The molecular weight excluding hydrogens is 241 g/mol. The number of halogens is 2. The molecule has 0 heterocycles. The average molecular weight is 258 g/mol. The summed E-state index contributed by atoms with van der Waals surface area (Å²) in [4.78, 5) is 0. The zero-order valence-electron chi connectivity index (χ0n) is 9.72. The SMILES string of the molecule is NC1(COCc2cc(Cl)ccc2F)CCCC1. The van der Waals surface area contributed by atoms with E-state index >= 15 is 0 Å². The fourth-order valence-electron chi connectivity index (χ4n) is 2.24. The van der Waals surface area contributed by atoms with E-state index in [0.717, 1.165) is 25.7 Å². The number of hydrogen-bond donors (Lipinski definition) is 1. The average Bonchev–Trinajstić information content (AvgIpc) is 2.71. The van der Waals surface area contributed by atoms with Gasteiger partial charge < -0.3 is 10.5 Å². The van der Waals surface area contributed by atoms with Crippen LogP contribution in [0.4, 0.5) is 4.39 Å². The van der Waals surface area contributed by atoms with Crippen LogP contribution >= 0.6 is 11.6 Å². The maximum atomic E-state index is 13.4. The van der Waals surface area contributed by atoms with Crippen molar-refractivity contribution in [1.82, 2.24) is 0 Å². The lowest BCUT2D eigenvalue weighted by Crippen LogP contribution is -2.41. The van der Waals surface area contributed by atoms with Crippen molar-refractivity contribution in [3.05, 3.63) is 34.6 Å². The van der Waals surface area contributed by atoms with Crippen LogP contribution in [0, 0.1) is 5.82 Å². The fourth-order valence-corrected chi connectivity index (χ4v) is 2.44. The molecule has 0 saturated heterocycles. The molecule has 0 spiro atoms. The Labute approximate surface area is 106 Å². The van der Waals surface area contributed by atoms with Crippen LogP contribution in [0.25, 0.3) is 0 Å². The summed E-state index contributed by atoms with van der Waals surface area (Å²) in [5.41, 5.74) is 6.42. The first-order valence-corrected chi connectivity index (χ1v) is 6.27. The molecule has 0 radical (unpaired) electrons. The van der Waals surface area contributed by atoms with Gasteiger partial charge >= 0.3 is 0 Å². The van der Waals surface area contributed by atoms with Gasteiger partial charge in [0, 0.05) is 16.1 Å². The molecule has 0 atom stereocenters. The molecule has 0 unspecified atom stereocenters. The normalized spacial score (nSPS) is 18.5. The molecule has 94 valence electrons. The molecule has 0 aliphatic heterocycles. The first kappa shape index (κ1) is 12.8. The Morgan fingerprint density at radius 1 is 1.35 bits per heavy atom. The van der Waals surface area contributed by atoms with Gasteiger partial charge in [-0.3, -0.25) is 0 Å². The van der Waals surface area contributed by atoms with Gasteiger partial charge in [0.2, 0.25) is 0 Å². The van der Waals surface area contributed by atoms with Gasteiger partial charge in [0.15, 0.2) is 0 Å². The molecule has 4 heteroatoms. The van der Waals surface area contributed by atoms with E-state index in [1.54, 1.807) is 6.07 Å². The minimum atomic E-state index is -0.285. The van der Waals surface area contributed by atoms with Crippen LogP contribution in [0.15, 0.2) is 18.2 Å². The van der Waals surface area contributed by atoms with Crippen LogP contribution in [0.3, 0.4) is 0 Å². The second-order valence-electron chi connectivity index (χ2n) is 4.80. The number of nitrogens with two attached hydrogens (primary N) is 1. The maximum absolute atomic E-state index is 13.4. The summed E-state index contributed by atoms with van der Waals surface area (Å²) in [5.74, 6) is -0.285. The summed E-state index contributed by atoms with van der Waals surface area (Å²) >= 11 is 5.80. The molecule has 2 N–H and O–H groups in total. The van der Waals surface area contributed by atoms with Crippen LogP contribution in [-0.2, 0) is 11.3 Å². The standard InChI is InChI=1S/C13H17ClFNO/c14-11-3-4-12(15)10(7-11)8-17-9-13(16)5-1-2-6-13/h3-4,7H,1-2,5-6,8-9,16H2. The second-order valence-corrected chi connectivity index (χ2v) is 5.23. The molecule has 2 nitrogen and oxygen atoms in total. The zero-order valence-corrected chi connectivity index (χ0v) is 10.5. The lowest BCUT2D eigenvalue weighted by molar-refractivity contribution is 0.0734. The largest absolute Gasteiger partial charge is 0.375 e.